The van der Waals surface area contributed by atoms with E-state index in [1.54, 1.807) is 6.20 Å². The predicted molar refractivity (Wildman–Crippen MR) is 63.5 cm³/mol. The van der Waals surface area contributed by atoms with Gasteiger partial charge in [-0.05, 0) is 12.8 Å². The Kier molecular flexibility index (Phi) is 4.75. The molecular weight excluding hydrogens is 222 g/mol. The van der Waals surface area contributed by atoms with Crippen LogP contribution in [0, 0.1) is 0 Å². The van der Waals surface area contributed by atoms with Crippen LogP contribution in [0.25, 0.3) is 0 Å². The third-order valence-corrected chi connectivity index (χ3v) is 2.38. The predicted octanol–water partition coefficient (Wildman–Crippen LogP) is 1.28. The van der Waals surface area contributed by atoms with Gasteiger partial charge in [-0.3, -0.25) is 4.79 Å². The molecule has 0 unspecified atom stereocenters. The number of carboxylic acids is 1. The van der Waals surface area contributed by atoms with Crippen molar-refractivity contribution in [3.05, 3.63) is 28.2 Å². The number of aliphatic carboxylic acids is 1. The van der Waals surface area contributed by atoms with Crippen LogP contribution in [0.3, 0.4) is 0 Å². The number of carboxylic acid groups (broad SMARTS) is 1. The summed E-state index contributed by atoms with van der Waals surface area (Å²) >= 11 is 0. The molecule has 0 saturated heterocycles. The first-order chi connectivity index (χ1) is 8.10. The second-order valence-corrected chi connectivity index (χ2v) is 3.69. The number of ether oxygens (including phenoxy) is 1. The molecule has 1 heterocycles. The highest BCUT2D eigenvalue weighted by molar-refractivity contribution is 5.68. The van der Waals surface area contributed by atoms with Crippen LogP contribution < -0.4 is 10.2 Å². The molecule has 1 aromatic heterocycles. The van der Waals surface area contributed by atoms with E-state index in [-0.39, 0.29) is 11.2 Å². The molecule has 0 amide bonds. The average molecular weight is 239 g/mol. The number of hydrogen-bond acceptors (Lipinski definition) is 3. The first kappa shape index (κ1) is 13.3. The molecule has 0 radical (unpaired) electrons. The molecule has 1 aromatic rings. The Labute approximate surface area is 99.6 Å². The maximum atomic E-state index is 11.6. The Balaban J connectivity index is 3.11. The summed E-state index contributed by atoms with van der Waals surface area (Å²) in [6, 6.07) is 1.41. The van der Waals surface area contributed by atoms with E-state index in [1.807, 2.05) is 18.4 Å². The molecule has 0 atom stereocenters. The summed E-state index contributed by atoms with van der Waals surface area (Å²) in [6.45, 7) is 4.25. The lowest BCUT2D eigenvalue weighted by molar-refractivity contribution is -0.139. The molecule has 5 heteroatoms. The molecule has 0 aliphatic carbocycles. The van der Waals surface area contributed by atoms with E-state index in [0.717, 1.165) is 18.7 Å². The molecule has 0 fully saturated rings. The number of carbonyl (C=O) groups is 1. The molecule has 5 nitrogen and oxygen atoms in total. The van der Waals surface area contributed by atoms with Crippen molar-refractivity contribution in [3.8, 4) is 5.75 Å². The van der Waals surface area contributed by atoms with Crippen LogP contribution in [0.2, 0.25) is 0 Å². The molecule has 0 spiro atoms. The minimum atomic E-state index is -1.09. The van der Waals surface area contributed by atoms with Gasteiger partial charge >= 0.3 is 5.97 Å². The number of pyridine rings is 1. The van der Waals surface area contributed by atoms with Crippen LogP contribution in [0.1, 0.15) is 26.0 Å². The summed E-state index contributed by atoms with van der Waals surface area (Å²) in [5.74, 6) is -0.928. The first-order valence-corrected chi connectivity index (χ1v) is 5.67. The number of nitrogens with zero attached hydrogens (tertiary/aromatic N) is 1. The molecule has 1 rings (SSSR count). The second kappa shape index (κ2) is 6.08. The summed E-state index contributed by atoms with van der Waals surface area (Å²) in [7, 11) is 0. The van der Waals surface area contributed by atoms with Crippen molar-refractivity contribution in [2.24, 2.45) is 0 Å². The maximum Gasteiger partial charge on any atom is 0.341 e. The first-order valence-electron chi connectivity index (χ1n) is 5.67. The zero-order valence-electron chi connectivity index (χ0n) is 10.1. The molecular formula is C12H17NO4. The van der Waals surface area contributed by atoms with E-state index in [0.29, 0.717) is 6.42 Å². The summed E-state index contributed by atoms with van der Waals surface area (Å²) in [6.07, 6.45) is 3.29. The molecule has 0 aliphatic rings. The van der Waals surface area contributed by atoms with Gasteiger partial charge in [-0.25, -0.2) is 4.79 Å². The normalized spacial score (nSPS) is 10.2. The van der Waals surface area contributed by atoms with Crippen molar-refractivity contribution in [1.29, 1.82) is 0 Å². The van der Waals surface area contributed by atoms with Gasteiger partial charge in [0.1, 0.15) is 0 Å². The standard InChI is InChI=1S/C12H17NO4/c1-3-6-13-7-5-10(14)12(9(13)4-2)17-8-11(15)16/h5,7H,3-4,6,8H2,1-2H3,(H,15,16). The minimum absolute atomic E-state index is 0.158. The van der Waals surface area contributed by atoms with E-state index < -0.39 is 12.6 Å². The molecule has 17 heavy (non-hydrogen) atoms. The molecule has 0 bridgehead atoms. The second-order valence-electron chi connectivity index (χ2n) is 3.69. The van der Waals surface area contributed by atoms with Crippen LogP contribution in [0.5, 0.6) is 5.75 Å². The van der Waals surface area contributed by atoms with Crippen molar-refractivity contribution in [1.82, 2.24) is 4.57 Å². The summed E-state index contributed by atoms with van der Waals surface area (Å²) in [5, 5.41) is 8.57. The van der Waals surface area contributed by atoms with Crippen molar-refractivity contribution in [2.75, 3.05) is 6.61 Å². The van der Waals surface area contributed by atoms with Crippen molar-refractivity contribution in [2.45, 2.75) is 33.2 Å². The summed E-state index contributed by atoms with van der Waals surface area (Å²) in [4.78, 5) is 22.1. The topological polar surface area (TPSA) is 68.5 Å². The molecule has 0 aliphatic heterocycles. The van der Waals surface area contributed by atoms with Gasteiger partial charge in [0.05, 0.1) is 5.69 Å². The lowest BCUT2D eigenvalue weighted by Crippen LogP contribution is -2.20. The third kappa shape index (κ3) is 3.34. The number of rotatable bonds is 6. The van der Waals surface area contributed by atoms with E-state index in [2.05, 4.69) is 0 Å². The largest absolute Gasteiger partial charge is 0.479 e. The Morgan fingerprint density at radius 3 is 2.71 bits per heavy atom. The van der Waals surface area contributed by atoms with Crippen LogP contribution >= 0.6 is 0 Å². The highest BCUT2D eigenvalue weighted by atomic mass is 16.5. The van der Waals surface area contributed by atoms with Gasteiger partial charge in [0, 0.05) is 18.8 Å². The zero-order chi connectivity index (χ0) is 12.8. The SMILES string of the molecule is CCCn1ccc(=O)c(OCC(=O)O)c1CC. The van der Waals surface area contributed by atoms with E-state index >= 15 is 0 Å². The number of aromatic nitrogens is 1. The fourth-order valence-corrected chi connectivity index (χ4v) is 1.70. The van der Waals surface area contributed by atoms with Gasteiger partial charge in [-0.15, -0.1) is 0 Å². The Hall–Kier alpha value is -1.78. The Morgan fingerprint density at radius 1 is 1.47 bits per heavy atom. The lowest BCUT2D eigenvalue weighted by atomic mass is 10.2. The molecule has 94 valence electrons. The maximum absolute atomic E-state index is 11.6. The van der Waals surface area contributed by atoms with E-state index in [9.17, 15) is 9.59 Å². The quantitative estimate of drug-likeness (QED) is 0.812. The van der Waals surface area contributed by atoms with Crippen molar-refractivity contribution in [3.63, 3.8) is 0 Å². The summed E-state index contributed by atoms with van der Waals surface area (Å²) < 4.78 is 7.00. The lowest BCUT2D eigenvalue weighted by Gasteiger charge is -2.15. The van der Waals surface area contributed by atoms with E-state index in [4.69, 9.17) is 9.84 Å². The smallest absolute Gasteiger partial charge is 0.341 e. The van der Waals surface area contributed by atoms with Gasteiger partial charge in [-0.2, -0.15) is 0 Å². The molecule has 1 N–H and O–H groups in total. The van der Waals surface area contributed by atoms with Gasteiger partial charge in [-0.1, -0.05) is 13.8 Å². The minimum Gasteiger partial charge on any atom is -0.479 e. The highest BCUT2D eigenvalue weighted by Gasteiger charge is 2.12. The Morgan fingerprint density at radius 2 is 2.18 bits per heavy atom. The molecule has 0 saturated carbocycles. The van der Waals surface area contributed by atoms with Gasteiger partial charge in [0.2, 0.25) is 5.43 Å². The Bertz CT molecular complexity index is 450. The zero-order valence-corrected chi connectivity index (χ0v) is 10.1. The van der Waals surface area contributed by atoms with Crippen molar-refractivity contribution < 1.29 is 14.6 Å². The molecule has 0 aromatic carbocycles. The highest BCUT2D eigenvalue weighted by Crippen LogP contribution is 2.14. The van der Waals surface area contributed by atoms with E-state index in [1.165, 1.54) is 6.07 Å². The van der Waals surface area contributed by atoms with Gasteiger partial charge in [0.25, 0.3) is 0 Å². The van der Waals surface area contributed by atoms with Crippen molar-refractivity contribution >= 4 is 5.97 Å². The average Bonchev–Trinajstić information content (AvgIpc) is 2.29. The van der Waals surface area contributed by atoms with Gasteiger partial charge in [0.15, 0.2) is 12.4 Å². The third-order valence-electron chi connectivity index (χ3n) is 2.38. The number of hydrogen-bond donors (Lipinski definition) is 1. The summed E-state index contributed by atoms with van der Waals surface area (Å²) in [5.41, 5.74) is 0.482. The van der Waals surface area contributed by atoms with Crippen LogP contribution in [0.15, 0.2) is 17.1 Å². The monoisotopic (exact) mass is 239 g/mol. The van der Waals surface area contributed by atoms with Gasteiger partial charge < -0.3 is 14.4 Å². The fourth-order valence-electron chi connectivity index (χ4n) is 1.70. The number of aryl methyl sites for hydroxylation is 1. The van der Waals surface area contributed by atoms with Crippen LogP contribution in [0.4, 0.5) is 0 Å². The van der Waals surface area contributed by atoms with Crippen LogP contribution in [-0.4, -0.2) is 22.2 Å². The fraction of sp³-hybridized carbons (Fsp3) is 0.500. The van der Waals surface area contributed by atoms with Crippen LogP contribution in [-0.2, 0) is 17.8 Å².